The molecular weight excluding hydrogens is 274 g/mol. The third kappa shape index (κ3) is 5.35. The van der Waals surface area contributed by atoms with Gasteiger partial charge in [0.2, 0.25) is 0 Å². The Morgan fingerprint density at radius 3 is 2.38 bits per heavy atom. The normalized spacial score (nSPS) is 13.2. The topological polar surface area (TPSA) is 92.7 Å². The van der Waals surface area contributed by atoms with Crippen LogP contribution < -0.4 is 5.32 Å². The SMILES string of the molecule is CCOC(=O)[C@@H](CC(=O)c1ccccc1)N[C@H](C)C(=O)O. The van der Waals surface area contributed by atoms with Crippen LogP contribution in [0.1, 0.15) is 30.6 Å². The Hall–Kier alpha value is -2.21. The van der Waals surface area contributed by atoms with E-state index in [1.807, 2.05) is 0 Å². The van der Waals surface area contributed by atoms with Crippen LogP contribution in [-0.2, 0) is 14.3 Å². The van der Waals surface area contributed by atoms with Crippen LogP contribution in [0, 0.1) is 0 Å². The van der Waals surface area contributed by atoms with E-state index < -0.39 is 24.0 Å². The molecule has 1 aromatic carbocycles. The van der Waals surface area contributed by atoms with Gasteiger partial charge in [-0.2, -0.15) is 0 Å². The standard InChI is InChI=1S/C15H19NO5/c1-3-21-15(20)12(16-10(2)14(18)19)9-13(17)11-7-5-4-6-8-11/h4-8,10,12,16H,3,9H2,1-2H3,(H,18,19)/t10-,12-/m1/s1. The lowest BCUT2D eigenvalue weighted by Crippen LogP contribution is -2.47. The molecule has 0 unspecified atom stereocenters. The predicted molar refractivity (Wildman–Crippen MR) is 76.0 cm³/mol. The molecule has 0 saturated carbocycles. The summed E-state index contributed by atoms with van der Waals surface area (Å²) in [7, 11) is 0. The molecule has 0 heterocycles. The van der Waals surface area contributed by atoms with Gasteiger partial charge in [0.05, 0.1) is 6.61 Å². The van der Waals surface area contributed by atoms with Crippen molar-refractivity contribution in [1.29, 1.82) is 0 Å². The van der Waals surface area contributed by atoms with Gasteiger partial charge in [-0.1, -0.05) is 30.3 Å². The first kappa shape index (κ1) is 16.8. The minimum absolute atomic E-state index is 0.152. The molecule has 0 aliphatic rings. The van der Waals surface area contributed by atoms with Crippen LogP contribution in [0.2, 0.25) is 0 Å². The molecule has 114 valence electrons. The molecule has 0 saturated heterocycles. The summed E-state index contributed by atoms with van der Waals surface area (Å²) < 4.78 is 4.87. The number of nitrogens with one attached hydrogen (secondary N) is 1. The van der Waals surface area contributed by atoms with E-state index in [1.165, 1.54) is 6.92 Å². The Labute approximate surface area is 123 Å². The fraction of sp³-hybridized carbons (Fsp3) is 0.400. The summed E-state index contributed by atoms with van der Waals surface area (Å²) in [4.78, 5) is 34.8. The summed E-state index contributed by atoms with van der Waals surface area (Å²) in [5, 5.41) is 11.5. The minimum atomic E-state index is -1.10. The van der Waals surface area contributed by atoms with Crippen molar-refractivity contribution in [3.05, 3.63) is 35.9 Å². The lowest BCUT2D eigenvalue weighted by molar-refractivity contribution is -0.146. The van der Waals surface area contributed by atoms with Crippen LogP contribution in [0.25, 0.3) is 0 Å². The van der Waals surface area contributed by atoms with Gasteiger partial charge in [-0.3, -0.25) is 19.7 Å². The van der Waals surface area contributed by atoms with Crippen LogP contribution in [-0.4, -0.2) is 41.5 Å². The molecule has 21 heavy (non-hydrogen) atoms. The third-order valence-electron chi connectivity index (χ3n) is 2.88. The number of Topliss-reactive ketones (excluding diaryl/α,β-unsaturated/α-hetero) is 1. The van der Waals surface area contributed by atoms with E-state index in [9.17, 15) is 14.4 Å². The molecule has 6 heteroatoms. The smallest absolute Gasteiger partial charge is 0.323 e. The number of ketones is 1. The molecular formula is C15H19NO5. The lowest BCUT2D eigenvalue weighted by atomic mass is 10.0. The van der Waals surface area contributed by atoms with Crippen molar-refractivity contribution in [2.45, 2.75) is 32.4 Å². The second kappa shape index (κ2) is 8.16. The predicted octanol–water partition coefficient (Wildman–Crippen LogP) is 1.25. The molecule has 2 atom stereocenters. The van der Waals surface area contributed by atoms with Crippen LogP contribution in [0.4, 0.5) is 0 Å². The maximum atomic E-state index is 12.1. The number of carboxylic acids is 1. The fourth-order valence-corrected chi connectivity index (χ4v) is 1.75. The van der Waals surface area contributed by atoms with E-state index >= 15 is 0 Å². The molecule has 2 N–H and O–H groups in total. The average Bonchev–Trinajstić information content (AvgIpc) is 2.47. The molecule has 1 rings (SSSR count). The highest BCUT2D eigenvalue weighted by Gasteiger charge is 2.27. The molecule has 1 aromatic rings. The largest absolute Gasteiger partial charge is 0.480 e. The van der Waals surface area contributed by atoms with Crippen LogP contribution in [0.15, 0.2) is 30.3 Å². The number of carbonyl (C=O) groups is 3. The Kier molecular flexibility index (Phi) is 6.55. The number of ether oxygens (including phenoxy) is 1. The molecule has 6 nitrogen and oxygen atoms in total. The number of carbonyl (C=O) groups excluding carboxylic acids is 2. The van der Waals surface area contributed by atoms with Gasteiger partial charge in [0.25, 0.3) is 0 Å². The Bertz CT molecular complexity index is 500. The Morgan fingerprint density at radius 1 is 1.24 bits per heavy atom. The first-order chi connectivity index (χ1) is 9.95. The molecule has 0 aliphatic carbocycles. The summed E-state index contributed by atoms with van der Waals surface area (Å²) >= 11 is 0. The highest BCUT2D eigenvalue weighted by atomic mass is 16.5. The first-order valence-corrected chi connectivity index (χ1v) is 6.69. The van der Waals surface area contributed by atoms with Gasteiger partial charge < -0.3 is 9.84 Å². The first-order valence-electron chi connectivity index (χ1n) is 6.69. The van der Waals surface area contributed by atoms with Gasteiger partial charge in [0.15, 0.2) is 5.78 Å². The van der Waals surface area contributed by atoms with E-state index in [4.69, 9.17) is 9.84 Å². The molecule has 0 aliphatic heterocycles. The lowest BCUT2D eigenvalue weighted by Gasteiger charge is -2.19. The van der Waals surface area contributed by atoms with Crippen LogP contribution in [0.3, 0.4) is 0 Å². The highest BCUT2D eigenvalue weighted by molar-refractivity contribution is 5.99. The molecule has 0 radical (unpaired) electrons. The van der Waals surface area contributed by atoms with Crippen molar-refractivity contribution in [2.24, 2.45) is 0 Å². The fourth-order valence-electron chi connectivity index (χ4n) is 1.75. The van der Waals surface area contributed by atoms with Crippen molar-refractivity contribution in [1.82, 2.24) is 5.32 Å². The van der Waals surface area contributed by atoms with Gasteiger partial charge in [0.1, 0.15) is 12.1 Å². The summed E-state index contributed by atoms with van der Waals surface area (Å²) in [6, 6.07) is 6.58. The van der Waals surface area contributed by atoms with Crippen molar-refractivity contribution >= 4 is 17.7 Å². The van der Waals surface area contributed by atoms with Crippen molar-refractivity contribution < 1.29 is 24.2 Å². The number of hydrogen-bond donors (Lipinski definition) is 2. The van der Waals surface area contributed by atoms with Crippen molar-refractivity contribution in [3.8, 4) is 0 Å². The van der Waals surface area contributed by atoms with Crippen LogP contribution in [0.5, 0.6) is 0 Å². The molecule has 0 aromatic heterocycles. The maximum absolute atomic E-state index is 12.1. The molecule has 0 spiro atoms. The zero-order valence-corrected chi connectivity index (χ0v) is 12.0. The van der Waals surface area contributed by atoms with E-state index in [1.54, 1.807) is 37.3 Å². The van der Waals surface area contributed by atoms with E-state index in [2.05, 4.69) is 5.32 Å². The number of aliphatic carboxylic acids is 1. The summed E-state index contributed by atoms with van der Waals surface area (Å²) in [6.07, 6.45) is -0.152. The second-order valence-electron chi connectivity index (χ2n) is 4.52. The van der Waals surface area contributed by atoms with Gasteiger partial charge in [-0.15, -0.1) is 0 Å². The summed E-state index contributed by atoms with van der Waals surface area (Å²) in [5.74, 6) is -1.98. The summed E-state index contributed by atoms with van der Waals surface area (Å²) in [5.41, 5.74) is 0.469. The number of rotatable bonds is 8. The van der Waals surface area contributed by atoms with Crippen LogP contribution >= 0.6 is 0 Å². The van der Waals surface area contributed by atoms with Gasteiger partial charge in [0, 0.05) is 12.0 Å². The second-order valence-corrected chi connectivity index (χ2v) is 4.52. The van der Waals surface area contributed by atoms with Gasteiger partial charge in [-0.25, -0.2) is 0 Å². The molecule has 0 amide bonds. The average molecular weight is 293 g/mol. The third-order valence-corrected chi connectivity index (χ3v) is 2.88. The summed E-state index contributed by atoms with van der Waals surface area (Å²) in [6.45, 7) is 3.22. The Balaban J connectivity index is 2.79. The number of carboxylic acid groups (broad SMARTS) is 1. The zero-order chi connectivity index (χ0) is 15.8. The quantitative estimate of drug-likeness (QED) is 0.553. The molecule has 0 bridgehead atoms. The van der Waals surface area contributed by atoms with E-state index in [0.29, 0.717) is 5.56 Å². The molecule has 0 fully saturated rings. The minimum Gasteiger partial charge on any atom is -0.480 e. The van der Waals surface area contributed by atoms with E-state index in [-0.39, 0.29) is 18.8 Å². The van der Waals surface area contributed by atoms with Crippen molar-refractivity contribution in [3.63, 3.8) is 0 Å². The monoisotopic (exact) mass is 293 g/mol. The number of hydrogen-bond acceptors (Lipinski definition) is 5. The van der Waals surface area contributed by atoms with Gasteiger partial charge >= 0.3 is 11.9 Å². The Morgan fingerprint density at radius 2 is 1.86 bits per heavy atom. The van der Waals surface area contributed by atoms with Gasteiger partial charge in [-0.05, 0) is 13.8 Å². The highest BCUT2D eigenvalue weighted by Crippen LogP contribution is 2.07. The zero-order valence-electron chi connectivity index (χ0n) is 12.0. The van der Waals surface area contributed by atoms with E-state index in [0.717, 1.165) is 0 Å². The number of esters is 1. The van der Waals surface area contributed by atoms with Crippen molar-refractivity contribution in [2.75, 3.05) is 6.61 Å². The maximum Gasteiger partial charge on any atom is 0.323 e. The number of benzene rings is 1.